The third-order valence-electron chi connectivity index (χ3n) is 23.0. The van der Waals surface area contributed by atoms with Gasteiger partial charge in [0.25, 0.3) is 0 Å². The van der Waals surface area contributed by atoms with Gasteiger partial charge in [-0.3, -0.25) is 0 Å². The van der Waals surface area contributed by atoms with Gasteiger partial charge < -0.3 is 29.4 Å². The second-order valence-electron chi connectivity index (χ2n) is 30.4. The van der Waals surface area contributed by atoms with Gasteiger partial charge in [0.15, 0.2) is 0 Å². The van der Waals surface area contributed by atoms with Gasteiger partial charge in [0, 0.05) is 112 Å². The maximum Gasteiger partial charge on any atom is 0.0487 e. The van der Waals surface area contributed by atoms with Crippen LogP contribution in [0, 0.1) is 0 Å². The summed E-state index contributed by atoms with van der Waals surface area (Å²) in [7, 11) is 6.39. The minimum atomic E-state index is 1.12. The fraction of sp³-hybridized carbons (Fsp3) is 0.0265. The van der Waals surface area contributed by atoms with Crippen LogP contribution < -0.4 is 29.4 Å². The lowest BCUT2D eigenvalue weighted by molar-refractivity contribution is 1.20. The molecule has 0 heterocycles. The fourth-order valence-corrected chi connectivity index (χ4v) is 16.5. The van der Waals surface area contributed by atoms with E-state index in [0.717, 1.165) is 73.9 Å². The van der Waals surface area contributed by atoms with Crippen LogP contribution in [0.4, 0.5) is 85.3 Å². The molecule has 21 rings (SSSR count). The number of benzene rings is 21. The lowest BCUT2D eigenvalue weighted by atomic mass is 10.1. The average Bonchev–Trinajstić information content (AvgIpc) is 0.811. The predicted octanol–water partition coefficient (Wildman–Crippen LogP) is 31.7. The highest BCUT2D eigenvalue weighted by atomic mass is 15.2. The molecule has 6 heteroatoms. The van der Waals surface area contributed by atoms with E-state index in [9.17, 15) is 0 Å². The van der Waals surface area contributed by atoms with Gasteiger partial charge in [-0.05, 0) is 268 Å². The third-order valence-corrected chi connectivity index (χ3v) is 23.0. The molecule has 0 bridgehead atoms. The number of fused-ring (bicyclic) bond motifs is 8. The van der Waals surface area contributed by atoms with Crippen LogP contribution in [-0.2, 0) is 0 Å². The molecule has 0 aliphatic carbocycles. The van der Waals surface area contributed by atoms with E-state index in [1.54, 1.807) is 0 Å². The maximum atomic E-state index is 2.35. The highest BCUT2D eigenvalue weighted by Gasteiger charge is 2.20. The largest absolute Gasteiger partial charge is 0.345 e. The Kier molecular flexibility index (Phi) is 20.5. The molecule has 119 heavy (non-hydrogen) atoms. The van der Waals surface area contributed by atoms with Gasteiger partial charge in [0.2, 0.25) is 0 Å². The SMILES string of the molecule is CN(c1ccc(-c2ccccc2)cc1)c1ccc(N(c2ccc3ccccc3c2)c2ccc3ccccc3c2)cc1.CN(c1ccc(N(c2ccc3ccccc3c2)c2ccc3ccccc3c2)cc1)c1ccc2ccccc2c1.CN(c1ccc(N(c2ccc3ccccc3c2)c2ccc3ccccc3c2)cc1)c1cccc2ccccc12. The smallest absolute Gasteiger partial charge is 0.0487 e. The summed E-state index contributed by atoms with van der Waals surface area (Å²) < 4.78 is 0. The molecular formula is C113H86N6. The van der Waals surface area contributed by atoms with Gasteiger partial charge in [0.05, 0.1) is 0 Å². The Morgan fingerprint density at radius 2 is 0.328 bits per heavy atom. The van der Waals surface area contributed by atoms with Crippen molar-refractivity contribution >= 4 is 171 Å². The van der Waals surface area contributed by atoms with Crippen LogP contribution in [0.25, 0.3) is 97.3 Å². The molecule has 0 saturated heterocycles. The third kappa shape index (κ3) is 15.6. The Balaban J connectivity index is 0.000000118. The zero-order valence-electron chi connectivity index (χ0n) is 66.6. The van der Waals surface area contributed by atoms with Crippen molar-refractivity contribution < 1.29 is 0 Å². The van der Waals surface area contributed by atoms with E-state index in [0.29, 0.717) is 0 Å². The van der Waals surface area contributed by atoms with Crippen molar-refractivity contribution in [2.24, 2.45) is 0 Å². The van der Waals surface area contributed by atoms with E-state index in [2.05, 4.69) is 518 Å². The molecule has 0 unspecified atom stereocenters. The summed E-state index contributed by atoms with van der Waals surface area (Å²) in [5.41, 5.74) is 19.6. The number of nitrogens with zero attached hydrogens (tertiary/aromatic N) is 6. The number of rotatable bonds is 16. The Morgan fingerprint density at radius 3 is 0.639 bits per heavy atom. The Morgan fingerprint density at radius 1 is 0.126 bits per heavy atom. The normalized spacial score (nSPS) is 11.2. The van der Waals surface area contributed by atoms with E-state index in [1.807, 2.05) is 0 Å². The zero-order valence-corrected chi connectivity index (χ0v) is 66.6. The number of anilines is 15. The summed E-state index contributed by atoms with van der Waals surface area (Å²) >= 11 is 0. The van der Waals surface area contributed by atoms with Crippen molar-refractivity contribution in [2.75, 3.05) is 50.5 Å². The summed E-state index contributed by atoms with van der Waals surface area (Å²) in [5, 5.41) is 19.8. The molecule has 0 spiro atoms. The highest BCUT2D eigenvalue weighted by Crippen LogP contribution is 2.44. The molecule has 0 atom stereocenters. The molecule has 568 valence electrons. The highest BCUT2D eigenvalue weighted by molar-refractivity contribution is 6.00. The molecule has 0 N–H and O–H groups in total. The summed E-state index contributed by atoms with van der Waals surface area (Å²) in [6, 6.07) is 167. The first-order valence-electron chi connectivity index (χ1n) is 40.7. The van der Waals surface area contributed by atoms with Gasteiger partial charge in [-0.15, -0.1) is 0 Å². The first-order chi connectivity index (χ1) is 58.7. The molecule has 0 fully saturated rings. The van der Waals surface area contributed by atoms with Gasteiger partial charge in [0.1, 0.15) is 0 Å². The molecule has 0 aliphatic rings. The van der Waals surface area contributed by atoms with Crippen LogP contribution in [0.2, 0.25) is 0 Å². The first kappa shape index (κ1) is 73.7. The van der Waals surface area contributed by atoms with Crippen LogP contribution in [0.5, 0.6) is 0 Å². The van der Waals surface area contributed by atoms with Crippen molar-refractivity contribution in [1.82, 2.24) is 0 Å². The molecule has 21 aromatic rings. The van der Waals surface area contributed by atoms with E-state index < -0.39 is 0 Å². The topological polar surface area (TPSA) is 19.4 Å². The molecule has 0 saturated carbocycles. The fourth-order valence-electron chi connectivity index (χ4n) is 16.5. The molecule has 0 aliphatic heterocycles. The summed E-state index contributed by atoms with van der Waals surface area (Å²) in [6.07, 6.45) is 0. The lowest BCUT2D eigenvalue weighted by Crippen LogP contribution is -2.12. The number of hydrogen-bond acceptors (Lipinski definition) is 6. The van der Waals surface area contributed by atoms with Crippen molar-refractivity contribution in [1.29, 1.82) is 0 Å². The monoisotopic (exact) mass is 1530 g/mol. The van der Waals surface area contributed by atoms with Gasteiger partial charge in [-0.25, -0.2) is 0 Å². The van der Waals surface area contributed by atoms with Crippen LogP contribution in [0.3, 0.4) is 0 Å². The molecule has 0 aromatic heterocycles. The quantitative estimate of drug-likeness (QED) is 0.0953. The average molecular weight is 1530 g/mol. The van der Waals surface area contributed by atoms with E-state index in [-0.39, 0.29) is 0 Å². The van der Waals surface area contributed by atoms with Crippen LogP contribution in [0.15, 0.2) is 467 Å². The molecular weight excluding hydrogens is 1440 g/mol. The second kappa shape index (κ2) is 33.1. The maximum absolute atomic E-state index is 2.35. The van der Waals surface area contributed by atoms with Gasteiger partial charge >= 0.3 is 0 Å². The van der Waals surface area contributed by atoms with Crippen molar-refractivity contribution in [3.8, 4) is 11.1 Å². The Labute approximate surface area is 695 Å². The minimum absolute atomic E-state index is 1.12. The second-order valence-corrected chi connectivity index (χ2v) is 30.4. The molecule has 6 nitrogen and oxygen atoms in total. The summed E-state index contributed by atoms with van der Waals surface area (Å²) in [6.45, 7) is 0. The van der Waals surface area contributed by atoms with Crippen molar-refractivity contribution in [2.45, 2.75) is 0 Å². The number of hydrogen-bond donors (Lipinski definition) is 0. The van der Waals surface area contributed by atoms with Crippen molar-refractivity contribution in [3.05, 3.63) is 467 Å². The van der Waals surface area contributed by atoms with Crippen LogP contribution >= 0.6 is 0 Å². The van der Waals surface area contributed by atoms with Gasteiger partial charge in [-0.1, -0.05) is 291 Å². The van der Waals surface area contributed by atoms with E-state index >= 15 is 0 Å². The first-order valence-corrected chi connectivity index (χ1v) is 40.7. The molecule has 21 aromatic carbocycles. The van der Waals surface area contributed by atoms with Crippen molar-refractivity contribution in [3.63, 3.8) is 0 Å². The summed E-state index contributed by atoms with van der Waals surface area (Å²) in [5.74, 6) is 0. The minimum Gasteiger partial charge on any atom is -0.345 e. The Bertz CT molecular complexity index is 6940. The lowest BCUT2D eigenvalue weighted by Gasteiger charge is -2.27. The standard InChI is InChI=1S/C39H30N2.2C37H28N2/c1-40(35-19-15-32(16-20-35)29-9-3-2-4-10-29)36-23-25-37(26-24-36)41(38-21-17-30-11-5-7-13-33(30)27-38)39-22-18-31-12-6-8-14-34(31)28-39;1-38(35-17-14-27-8-2-5-11-30(27)24-35)33-20-22-34(23-21-33)39(36-18-15-28-9-3-6-12-31(28)25-36)37-19-16-29-10-4-7-13-32(29)26-37;1-38(37-16-8-14-29-11-6-7-15-36(29)37)32-21-23-33(24-22-32)39(34-19-17-27-9-2-4-12-30(27)25-34)35-20-18-28-10-3-5-13-31(28)26-35/h2-28H,1H3;2*2-26H,1H3. The van der Waals surface area contributed by atoms with Gasteiger partial charge in [-0.2, -0.15) is 0 Å². The molecule has 0 amide bonds. The molecule has 0 radical (unpaired) electrons. The predicted molar refractivity (Wildman–Crippen MR) is 512 cm³/mol. The zero-order chi connectivity index (χ0) is 80.0. The summed E-state index contributed by atoms with van der Waals surface area (Å²) in [4.78, 5) is 13.8. The van der Waals surface area contributed by atoms with E-state index in [1.165, 1.54) is 109 Å². The van der Waals surface area contributed by atoms with Crippen LogP contribution in [-0.4, -0.2) is 21.1 Å². The van der Waals surface area contributed by atoms with E-state index in [4.69, 9.17) is 0 Å². The van der Waals surface area contributed by atoms with Crippen LogP contribution in [0.1, 0.15) is 0 Å². The Hall–Kier alpha value is -15.5.